The number of hydrogen-bond acceptors (Lipinski definition) is 5. The number of hydrogen-bond donors (Lipinski definition) is 0. The van der Waals surface area contributed by atoms with Crippen LogP contribution >= 0.6 is 23.1 Å². The summed E-state index contributed by atoms with van der Waals surface area (Å²) < 4.78 is 6.40. The number of benzene rings is 1. The van der Waals surface area contributed by atoms with Gasteiger partial charge in [0, 0.05) is 21.9 Å². The topological polar surface area (TPSA) is 43.4 Å². The Hall–Kier alpha value is -1.33. The molecule has 0 aliphatic rings. The zero-order valence-electron chi connectivity index (χ0n) is 12.6. The Morgan fingerprint density at radius 3 is 2.62 bits per heavy atom. The van der Waals surface area contributed by atoms with Gasteiger partial charge in [-0.25, -0.2) is 0 Å². The van der Waals surface area contributed by atoms with Gasteiger partial charge in [-0.3, -0.25) is 9.59 Å². The van der Waals surface area contributed by atoms with Crippen LogP contribution in [0.3, 0.4) is 0 Å². The van der Waals surface area contributed by atoms with Crippen molar-refractivity contribution in [3.63, 3.8) is 0 Å². The highest BCUT2D eigenvalue weighted by molar-refractivity contribution is 7.98. The van der Waals surface area contributed by atoms with E-state index in [1.807, 2.05) is 24.5 Å². The monoisotopic (exact) mass is 322 g/mol. The molecule has 1 aromatic heterocycles. The molecule has 1 heterocycles. The molecule has 0 spiro atoms. The molecule has 21 heavy (non-hydrogen) atoms. The van der Waals surface area contributed by atoms with Crippen LogP contribution < -0.4 is 4.74 Å². The van der Waals surface area contributed by atoms with E-state index in [2.05, 4.69) is 0 Å². The Labute approximate surface area is 132 Å². The van der Waals surface area contributed by atoms with Crippen molar-refractivity contribution in [2.75, 3.05) is 13.4 Å². The van der Waals surface area contributed by atoms with Crippen molar-refractivity contribution >= 4 is 44.8 Å². The molecule has 112 valence electrons. The van der Waals surface area contributed by atoms with E-state index >= 15 is 0 Å². The van der Waals surface area contributed by atoms with Crippen LogP contribution in [0.1, 0.15) is 29.9 Å². The number of carbonyl (C=O) groups is 2. The number of ether oxygens (including phenoxy) is 1. The van der Waals surface area contributed by atoms with E-state index < -0.39 is 0 Å². The van der Waals surface area contributed by atoms with Gasteiger partial charge in [-0.05, 0) is 36.8 Å². The quantitative estimate of drug-likeness (QED) is 0.583. The molecule has 3 nitrogen and oxygen atoms in total. The highest BCUT2D eigenvalue weighted by atomic mass is 32.2. The van der Waals surface area contributed by atoms with Crippen LogP contribution in [-0.4, -0.2) is 24.9 Å². The SMILES string of the molecule is COc1cc2sc(C(=O)C[C@H](C)C(C)=O)cc2cc1SC. The van der Waals surface area contributed by atoms with E-state index in [1.54, 1.807) is 25.8 Å². The molecule has 0 aliphatic heterocycles. The first-order valence-electron chi connectivity index (χ1n) is 6.65. The summed E-state index contributed by atoms with van der Waals surface area (Å²) in [6, 6.07) is 5.92. The van der Waals surface area contributed by atoms with Gasteiger partial charge in [-0.15, -0.1) is 23.1 Å². The summed E-state index contributed by atoms with van der Waals surface area (Å²) in [6.45, 7) is 3.32. The predicted octanol–water partition coefficient (Wildman–Crippen LogP) is 4.43. The summed E-state index contributed by atoms with van der Waals surface area (Å²) in [4.78, 5) is 25.3. The van der Waals surface area contributed by atoms with Gasteiger partial charge in [0.05, 0.1) is 12.0 Å². The molecular weight excluding hydrogens is 304 g/mol. The molecule has 0 bridgehead atoms. The van der Waals surface area contributed by atoms with Gasteiger partial charge >= 0.3 is 0 Å². The van der Waals surface area contributed by atoms with Crippen molar-refractivity contribution in [1.29, 1.82) is 0 Å². The number of carbonyl (C=O) groups excluding carboxylic acids is 2. The molecule has 0 aliphatic carbocycles. The molecule has 0 unspecified atom stereocenters. The van der Waals surface area contributed by atoms with E-state index in [0.29, 0.717) is 4.88 Å². The number of rotatable bonds is 6. The second-order valence-corrected chi connectivity index (χ2v) is 6.93. The molecule has 0 N–H and O–H groups in total. The van der Waals surface area contributed by atoms with E-state index in [1.165, 1.54) is 18.3 Å². The molecule has 2 rings (SSSR count). The Kier molecular flexibility index (Phi) is 5.06. The van der Waals surface area contributed by atoms with Crippen molar-refractivity contribution in [1.82, 2.24) is 0 Å². The van der Waals surface area contributed by atoms with Crippen LogP contribution in [-0.2, 0) is 4.79 Å². The van der Waals surface area contributed by atoms with Crippen molar-refractivity contribution in [2.45, 2.75) is 25.2 Å². The van der Waals surface area contributed by atoms with Crippen molar-refractivity contribution in [2.24, 2.45) is 5.92 Å². The lowest BCUT2D eigenvalue weighted by atomic mass is 10.0. The highest BCUT2D eigenvalue weighted by Gasteiger charge is 2.17. The Morgan fingerprint density at radius 1 is 1.33 bits per heavy atom. The lowest BCUT2D eigenvalue weighted by Crippen LogP contribution is -2.11. The fourth-order valence-corrected chi connectivity index (χ4v) is 3.64. The second-order valence-electron chi connectivity index (χ2n) is 4.99. The molecular formula is C16H18O3S2. The third-order valence-electron chi connectivity index (χ3n) is 3.48. The maximum Gasteiger partial charge on any atom is 0.173 e. The zero-order valence-corrected chi connectivity index (χ0v) is 14.2. The van der Waals surface area contributed by atoms with E-state index in [-0.39, 0.29) is 23.9 Å². The van der Waals surface area contributed by atoms with Crippen LogP contribution in [0.4, 0.5) is 0 Å². The van der Waals surface area contributed by atoms with Crippen LogP contribution in [0, 0.1) is 5.92 Å². The van der Waals surface area contributed by atoms with E-state index in [0.717, 1.165) is 20.7 Å². The van der Waals surface area contributed by atoms with Gasteiger partial charge in [0.1, 0.15) is 11.5 Å². The number of Topliss-reactive ketones (excluding diaryl/α,β-unsaturated/α-hetero) is 2. The number of fused-ring (bicyclic) bond motifs is 1. The lowest BCUT2D eigenvalue weighted by molar-refractivity contribution is -0.120. The second kappa shape index (κ2) is 6.62. The normalized spacial score (nSPS) is 12.4. The molecule has 0 saturated carbocycles. The molecule has 0 fully saturated rings. The number of thiophene rings is 1. The maximum absolute atomic E-state index is 12.3. The first-order chi connectivity index (χ1) is 9.96. The molecule has 1 atom stereocenters. The summed E-state index contributed by atoms with van der Waals surface area (Å²) in [6.07, 6.45) is 2.27. The van der Waals surface area contributed by atoms with Gasteiger partial charge in [0.25, 0.3) is 0 Å². The van der Waals surface area contributed by atoms with Gasteiger partial charge in [0.2, 0.25) is 0 Å². The lowest BCUT2D eigenvalue weighted by Gasteiger charge is -2.05. The number of ketones is 2. The third kappa shape index (κ3) is 3.47. The predicted molar refractivity (Wildman–Crippen MR) is 89.0 cm³/mol. The standard InChI is InChI=1S/C16H18O3S2/c1-9(10(2)17)5-12(18)15-6-11-7-16(20-4)13(19-3)8-14(11)21-15/h6-9H,5H2,1-4H3/t9-/m0/s1. The molecule has 0 saturated heterocycles. The van der Waals surface area contributed by atoms with Crippen LogP contribution in [0.2, 0.25) is 0 Å². The average Bonchev–Trinajstić information content (AvgIpc) is 2.88. The fourth-order valence-electron chi connectivity index (χ4n) is 2.03. The molecule has 5 heteroatoms. The average molecular weight is 322 g/mol. The van der Waals surface area contributed by atoms with Crippen molar-refractivity contribution < 1.29 is 14.3 Å². The van der Waals surface area contributed by atoms with Crippen LogP contribution in [0.5, 0.6) is 5.75 Å². The summed E-state index contributed by atoms with van der Waals surface area (Å²) in [5, 5.41) is 1.05. The van der Waals surface area contributed by atoms with E-state index in [9.17, 15) is 9.59 Å². The minimum absolute atomic E-state index is 0.0311. The van der Waals surface area contributed by atoms with Gasteiger partial charge in [-0.1, -0.05) is 6.92 Å². The Balaban J connectivity index is 2.34. The Morgan fingerprint density at radius 2 is 2.05 bits per heavy atom. The molecule has 2 aromatic rings. The van der Waals surface area contributed by atoms with Gasteiger partial charge in [-0.2, -0.15) is 0 Å². The first kappa shape index (κ1) is 16.0. The summed E-state index contributed by atoms with van der Waals surface area (Å²) in [5.41, 5.74) is 0. The molecule has 1 aromatic carbocycles. The summed E-state index contributed by atoms with van der Waals surface area (Å²) in [7, 11) is 1.65. The fraction of sp³-hybridized carbons (Fsp3) is 0.375. The van der Waals surface area contributed by atoms with Crippen LogP contribution in [0.25, 0.3) is 10.1 Å². The highest BCUT2D eigenvalue weighted by Crippen LogP contribution is 2.36. The largest absolute Gasteiger partial charge is 0.496 e. The number of thioether (sulfide) groups is 1. The summed E-state index contributed by atoms with van der Waals surface area (Å²) >= 11 is 3.07. The van der Waals surface area contributed by atoms with Crippen molar-refractivity contribution in [3.05, 3.63) is 23.1 Å². The minimum atomic E-state index is -0.223. The molecule has 0 amide bonds. The van der Waals surface area contributed by atoms with E-state index in [4.69, 9.17) is 4.74 Å². The van der Waals surface area contributed by atoms with Crippen molar-refractivity contribution in [3.8, 4) is 5.75 Å². The molecule has 0 radical (unpaired) electrons. The minimum Gasteiger partial charge on any atom is -0.496 e. The van der Waals surface area contributed by atoms with Gasteiger partial charge < -0.3 is 4.74 Å². The Bertz CT molecular complexity index is 647. The van der Waals surface area contributed by atoms with Crippen LogP contribution in [0.15, 0.2) is 23.1 Å². The smallest absolute Gasteiger partial charge is 0.173 e. The van der Waals surface area contributed by atoms with Gasteiger partial charge in [0.15, 0.2) is 5.78 Å². The maximum atomic E-state index is 12.3. The first-order valence-corrected chi connectivity index (χ1v) is 8.69. The number of methoxy groups -OCH3 is 1. The summed E-state index contributed by atoms with van der Waals surface area (Å²) in [5.74, 6) is 0.686. The third-order valence-corrected chi connectivity index (χ3v) is 5.38. The zero-order chi connectivity index (χ0) is 15.6.